The third-order valence-electron chi connectivity index (χ3n) is 3.17. The molecule has 0 aliphatic heterocycles. The summed E-state index contributed by atoms with van der Waals surface area (Å²) in [5.41, 5.74) is 6.03. The van der Waals surface area contributed by atoms with Crippen LogP contribution in [-0.2, 0) is 10.0 Å². The number of anilines is 1. The van der Waals surface area contributed by atoms with Gasteiger partial charge in [-0.2, -0.15) is 0 Å². The maximum absolute atomic E-state index is 12.2. The lowest BCUT2D eigenvalue weighted by molar-refractivity contribution is 0.270. The van der Waals surface area contributed by atoms with Crippen molar-refractivity contribution in [3.8, 4) is 5.75 Å². The van der Waals surface area contributed by atoms with E-state index in [9.17, 15) is 8.42 Å². The molecular weight excluding hydrogens is 252 g/mol. The third-order valence-corrected chi connectivity index (χ3v) is 4.71. The summed E-state index contributed by atoms with van der Waals surface area (Å²) in [6.07, 6.45) is 1.76. The molecular formula is C12H18N2O3S. The first kappa shape index (κ1) is 13.2. The van der Waals surface area contributed by atoms with Crippen molar-refractivity contribution < 1.29 is 13.2 Å². The average Bonchev–Trinajstić information content (AvgIpc) is 2.26. The molecule has 1 saturated carbocycles. The van der Waals surface area contributed by atoms with E-state index in [2.05, 4.69) is 11.6 Å². The molecule has 0 unspecified atom stereocenters. The maximum atomic E-state index is 12.2. The van der Waals surface area contributed by atoms with E-state index < -0.39 is 10.0 Å². The predicted octanol–water partition coefficient (Wildman–Crippen LogP) is 1.35. The number of hydrogen-bond acceptors (Lipinski definition) is 4. The monoisotopic (exact) mass is 270 g/mol. The van der Waals surface area contributed by atoms with Crippen LogP contribution in [0.1, 0.15) is 19.8 Å². The molecule has 0 spiro atoms. The van der Waals surface area contributed by atoms with Gasteiger partial charge in [0.15, 0.2) is 0 Å². The normalized spacial score (nSPS) is 23.4. The molecule has 1 aliphatic carbocycles. The molecule has 1 fully saturated rings. The van der Waals surface area contributed by atoms with Crippen molar-refractivity contribution in [2.45, 2.75) is 30.7 Å². The fourth-order valence-corrected chi connectivity index (χ4v) is 3.65. The summed E-state index contributed by atoms with van der Waals surface area (Å²) in [5, 5.41) is 0. The van der Waals surface area contributed by atoms with E-state index in [0.29, 0.717) is 17.4 Å². The average molecular weight is 270 g/mol. The zero-order valence-electron chi connectivity index (χ0n) is 10.5. The van der Waals surface area contributed by atoms with Crippen molar-refractivity contribution in [3.63, 3.8) is 0 Å². The molecule has 6 heteroatoms. The van der Waals surface area contributed by atoms with E-state index in [0.717, 1.165) is 12.8 Å². The van der Waals surface area contributed by atoms with E-state index >= 15 is 0 Å². The molecule has 0 bridgehead atoms. The number of nitrogens with one attached hydrogen (secondary N) is 1. The largest absolute Gasteiger partial charge is 0.495 e. The SMILES string of the molecule is COc1ccc(N)cc1S(=O)(=O)NC1CC(C)C1. The Labute approximate surface area is 107 Å². The predicted molar refractivity (Wildman–Crippen MR) is 69.9 cm³/mol. The Bertz CT molecular complexity index is 536. The zero-order chi connectivity index (χ0) is 13.3. The first-order valence-corrected chi connectivity index (χ1v) is 7.36. The van der Waals surface area contributed by atoms with Gasteiger partial charge in [0.25, 0.3) is 0 Å². The van der Waals surface area contributed by atoms with Gasteiger partial charge in [0.2, 0.25) is 10.0 Å². The lowest BCUT2D eigenvalue weighted by Crippen LogP contribution is -2.43. The maximum Gasteiger partial charge on any atom is 0.244 e. The second-order valence-electron chi connectivity index (χ2n) is 4.81. The van der Waals surface area contributed by atoms with Crippen LogP contribution in [0.3, 0.4) is 0 Å². The second kappa shape index (κ2) is 4.78. The topological polar surface area (TPSA) is 81.4 Å². The number of rotatable bonds is 4. The molecule has 18 heavy (non-hydrogen) atoms. The van der Waals surface area contributed by atoms with E-state index in [1.54, 1.807) is 12.1 Å². The molecule has 3 N–H and O–H groups in total. The quantitative estimate of drug-likeness (QED) is 0.809. The van der Waals surface area contributed by atoms with Gasteiger partial charge in [0.1, 0.15) is 10.6 Å². The minimum atomic E-state index is -3.56. The molecule has 5 nitrogen and oxygen atoms in total. The van der Waals surface area contributed by atoms with Crippen LogP contribution in [0.15, 0.2) is 23.1 Å². The standard InChI is InChI=1S/C12H18N2O3S/c1-8-5-10(6-8)14-18(15,16)12-7-9(13)3-4-11(12)17-2/h3-4,7-8,10,14H,5-6,13H2,1-2H3. The lowest BCUT2D eigenvalue weighted by atomic mass is 9.83. The van der Waals surface area contributed by atoms with Gasteiger partial charge in [0.05, 0.1) is 7.11 Å². The van der Waals surface area contributed by atoms with Crippen molar-refractivity contribution in [2.75, 3.05) is 12.8 Å². The van der Waals surface area contributed by atoms with Crippen LogP contribution >= 0.6 is 0 Å². The highest BCUT2D eigenvalue weighted by Crippen LogP contribution is 2.30. The summed E-state index contributed by atoms with van der Waals surface area (Å²) in [6, 6.07) is 4.62. The summed E-state index contributed by atoms with van der Waals surface area (Å²) in [6.45, 7) is 2.10. The second-order valence-corrected chi connectivity index (χ2v) is 6.49. The Morgan fingerprint density at radius 2 is 2.06 bits per heavy atom. The molecule has 0 saturated heterocycles. The number of benzene rings is 1. The molecule has 1 aromatic carbocycles. The molecule has 100 valence electrons. The van der Waals surface area contributed by atoms with Crippen LogP contribution in [0, 0.1) is 5.92 Å². The van der Waals surface area contributed by atoms with Gasteiger partial charge in [-0.05, 0) is 37.0 Å². The van der Waals surface area contributed by atoms with E-state index in [-0.39, 0.29) is 10.9 Å². The molecule has 0 heterocycles. The summed E-state index contributed by atoms with van der Waals surface area (Å²) in [5.74, 6) is 0.893. The van der Waals surface area contributed by atoms with Gasteiger partial charge < -0.3 is 10.5 Å². The van der Waals surface area contributed by atoms with Crippen molar-refractivity contribution >= 4 is 15.7 Å². The van der Waals surface area contributed by atoms with E-state index in [1.165, 1.54) is 13.2 Å². The Balaban J connectivity index is 2.26. The third kappa shape index (κ3) is 2.59. The fraction of sp³-hybridized carbons (Fsp3) is 0.500. The van der Waals surface area contributed by atoms with E-state index in [4.69, 9.17) is 10.5 Å². The van der Waals surface area contributed by atoms with Crippen molar-refractivity contribution in [3.05, 3.63) is 18.2 Å². The number of sulfonamides is 1. The molecule has 0 radical (unpaired) electrons. The van der Waals surface area contributed by atoms with Gasteiger partial charge in [0, 0.05) is 11.7 Å². The van der Waals surface area contributed by atoms with Crippen molar-refractivity contribution in [1.82, 2.24) is 4.72 Å². The molecule has 1 aliphatic rings. The molecule has 0 atom stereocenters. The van der Waals surface area contributed by atoms with Crippen LogP contribution in [0.4, 0.5) is 5.69 Å². The highest BCUT2D eigenvalue weighted by molar-refractivity contribution is 7.89. The zero-order valence-corrected chi connectivity index (χ0v) is 11.3. The number of methoxy groups -OCH3 is 1. The molecule has 0 aromatic heterocycles. The number of hydrogen-bond donors (Lipinski definition) is 2. The summed E-state index contributed by atoms with van der Waals surface area (Å²) in [4.78, 5) is 0.101. The van der Waals surface area contributed by atoms with Crippen molar-refractivity contribution in [2.24, 2.45) is 5.92 Å². The van der Waals surface area contributed by atoms with Gasteiger partial charge in [-0.15, -0.1) is 0 Å². The molecule has 1 aromatic rings. The van der Waals surface area contributed by atoms with Crippen LogP contribution in [0.5, 0.6) is 5.75 Å². The minimum Gasteiger partial charge on any atom is -0.495 e. The lowest BCUT2D eigenvalue weighted by Gasteiger charge is -2.33. The van der Waals surface area contributed by atoms with Crippen molar-refractivity contribution in [1.29, 1.82) is 0 Å². The first-order valence-electron chi connectivity index (χ1n) is 5.88. The molecule has 0 amide bonds. The van der Waals surface area contributed by atoms with Gasteiger partial charge in [-0.1, -0.05) is 6.92 Å². The summed E-state index contributed by atoms with van der Waals surface area (Å²) < 4.78 is 32.2. The van der Waals surface area contributed by atoms with Crippen LogP contribution in [0.2, 0.25) is 0 Å². The van der Waals surface area contributed by atoms with Gasteiger partial charge in [-0.25, -0.2) is 13.1 Å². The van der Waals surface area contributed by atoms with Crippen LogP contribution in [0.25, 0.3) is 0 Å². The fourth-order valence-electron chi connectivity index (χ4n) is 2.18. The van der Waals surface area contributed by atoms with Crippen LogP contribution in [-0.4, -0.2) is 21.6 Å². The first-order chi connectivity index (χ1) is 8.42. The van der Waals surface area contributed by atoms with Crippen LogP contribution < -0.4 is 15.2 Å². The summed E-state index contributed by atoms with van der Waals surface area (Å²) in [7, 11) is -2.12. The summed E-state index contributed by atoms with van der Waals surface area (Å²) >= 11 is 0. The highest BCUT2D eigenvalue weighted by atomic mass is 32.2. The Morgan fingerprint density at radius 1 is 1.39 bits per heavy atom. The Morgan fingerprint density at radius 3 is 2.61 bits per heavy atom. The Kier molecular flexibility index (Phi) is 3.49. The number of nitrogens with two attached hydrogens (primary N) is 1. The minimum absolute atomic E-state index is 0.0242. The smallest absolute Gasteiger partial charge is 0.244 e. The number of ether oxygens (including phenoxy) is 1. The highest BCUT2D eigenvalue weighted by Gasteiger charge is 2.31. The van der Waals surface area contributed by atoms with Gasteiger partial charge >= 0.3 is 0 Å². The van der Waals surface area contributed by atoms with E-state index in [1.807, 2.05) is 0 Å². The number of nitrogen functional groups attached to an aromatic ring is 1. The van der Waals surface area contributed by atoms with Gasteiger partial charge in [-0.3, -0.25) is 0 Å². The Hall–Kier alpha value is -1.27. The molecule has 2 rings (SSSR count).